The van der Waals surface area contributed by atoms with Crippen LogP contribution in [0.2, 0.25) is 10.0 Å². The van der Waals surface area contributed by atoms with Crippen molar-refractivity contribution in [2.45, 2.75) is 18.9 Å². The van der Waals surface area contributed by atoms with E-state index < -0.39 is 17.0 Å². The van der Waals surface area contributed by atoms with Gasteiger partial charge in [0.1, 0.15) is 17.9 Å². The number of halogens is 2. The molecule has 0 bridgehead atoms. The molecule has 1 atom stereocenters. The molecule has 5 rings (SSSR count). The van der Waals surface area contributed by atoms with Crippen molar-refractivity contribution in [1.29, 1.82) is 0 Å². The highest BCUT2D eigenvalue weighted by molar-refractivity contribution is 6.34. The number of phenols is 1. The number of carboxylic acid groups (broad SMARTS) is 1. The van der Waals surface area contributed by atoms with E-state index in [1.54, 1.807) is 29.0 Å². The van der Waals surface area contributed by atoms with E-state index >= 15 is 0 Å². The van der Waals surface area contributed by atoms with Crippen molar-refractivity contribution in [1.82, 2.24) is 9.55 Å². The fraction of sp³-hybridized carbons (Fsp3) is 0.192. The summed E-state index contributed by atoms with van der Waals surface area (Å²) >= 11 is 12.8. The van der Waals surface area contributed by atoms with Gasteiger partial charge < -0.3 is 24.4 Å². The fourth-order valence-electron chi connectivity index (χ4n) is 4.51. The average Bonchev–Trinajstić information content (AvgIpc) is 3.33. The van der Waals surface area contributed by atoms with Crippen LogP contribution in [0.5, 0.6) is 11.6 Å². The van der Waals surface area contributed by atoms with Gasteiger partial charge >= 0.3 is 5.97 Å². The molecule has 0 radical (unpaired) electrons. The number of ether oxygens (including phenoxy) is 1. The lowest BCUT2D eigenvalue weighted by Gasteiger charge is -2.28. The smallest absolute Gasteiger partial charge is 0.341 e. The van der Waals surface area contributed by atoms with Gasteiger partial charge in [-0.1, -0.05) is 29.3 Å². The van der Waals surface area contributed by atoms with E-state index in [2.05, 4.69) is 9.88 Å². The summed E-state index contributed by atoms with van der Waals surface area (Å²) in [5.74, 6) is -0.930. The van der Waals surface area contributed by atoms with Gasteiger partial charge in [0.2, 0.25) is 11.3 Å². The lowest BCUT2D eigenvalue weighted by Crippen LogP contribution is -2.34. The summed E-state index contributed by atoms with van der Waals surface area (Å²) in [6, 6.07) is 13.3. The number of benzene rings is 2. The van der Waals surface area contributed by atoms with E-state index in [0.29, 0.717) is 34.4 Å². The van der Waals surface area contributed by atoms with Crippen LogP contribution in [-0.2, 0) is 0 Å². The van der Waals surface area contributed by atoms with Crippen molar-refractivity contribution in [3.05, 3.63) is 86.8 Å². The Morgan fingerprint density at radius 3 is 2.69 bits per heavy atom. The molecule has 0 amide bonds. The molecule has 2 aromatic carbocycles. The first-order chi connectivity index (χ1) is 17.3. The molecule has 1 saturated heterocycles. The zero-order valence-electron chi connectivity index (χ0n) is 18.9. The first-order valence-electron chi connectivity index (χ1n) is 11.2. The van der Waals surface area contributed by atoms with Gasteiger partial charge in [-0.2, -0.15) is 0 Å². The fourth-order valence-corrected chi connectivity index (χ4v) is 4.95. The quantitative estimate of drug-likeness (QED) is 0.358. The predicted octanol–water partition coefficient (Wildman–Crippen LogP) is 5.14. The molecule has 1 fully saturated rings. The second-order valence-electron chi connectivity index (χ2n) is 8.47. The number of aromatic carboxylic acids is 1. The van der Waals surface area contributed by atoms with Crippen LogP contribution in [0.1, 0.15) is 23.2 Å². The van der Waals surface area contributed by atoms with Gasteiger partial charge in [-0.05, 0) is 49.2 Å². The van der Waals surface area contributed by atoms with Gasteiger partial charge in [0, 0.05) is 36.1 Å². The predicted molar refractivity (Wildman–Crippen MR) is 138 cm³/mol. The first-order valence-corrected chi connectivity index (χ1v) is 12.0. The zero-order chi connectivity index (χ0) is 25.4. The molecule has 0 saturated carbocycles. The monoisotopic (exact) mass is 525 g/mol. The number of anilines is 1. The number of carbonyl (C=O) groups is 1. The number of aromatic hydroxyl groups is 1. The van der Waals surface area contributed by atoms with Crippen molar-refractivity contribution < 1.29 is 19.7 Å². The number of aromatic nitrogens is 2. The number of phenolic OH excluding ortho intramolecular Hbond substituents is 1. The van der Waals surface area contributed by atoms with Crippen LogP contribution in [0.3, 0.4) is 0 Å². The third-order valence-corrected chi connectivity index (χ3v) is 6.87. The average molecular weight is 526 g/mol. The Kier molecular flexibility index (Phi) is 6.47. The maximum Gasteiger partial charge on any atom is 0.341 e. The van der Waals surface area contributed by atoms with E-state index in [1.807, 2.05) is 12.1 Å². The number of rotatable bonds is 6. The number of hydrogen-bond donors (Lipinski definition) is 2. The van der Waals surface area contributed by atoms with Gasteiger partial charge in [0.15, 0.2) is 0 Å². The lowest BCUT2D eigenvalue weighted by molar-refractivity contribution is 0.0695. The van der Waals surface area contributed by atoms with Gasteiger partial charge in [-0.3, -0.25) is 4.79 Å². The van der Waals surface area contributed by atoms with Crippen molar-refractivity contribution in [2.24, 2.45) is 0 Å². The maximum atomic E-state index is 13.0. The van der Waals surface area contributed by atoms with Crippen LogP contribution in [0.25, 0.3) is 16.6 Å². The van der Waals surface area contributed by atoms with Crippen molar-refractivity contribution >= 4 is 45.8 Å². The summed E-state index contributed by atoms with van der Waals surface area (Å²) < 4.78 is 7.46. The molecule has 8 nitrogen and oxygen atoms in total. The highest BCUT2D eigenvalue weighted by Crippen LogP contribution is 2.36. The second kappa shape index (κ2) is 9.72. The van der Waals surface area contributed by atoms with Gasteiger partial charge in [-0.25, -0.2) is 9.78 Å². The minimum atomic E-state index is -1.35. The van der Waals surface area contributed by atoms with Gasteiger partial charge in [-0.15, -0.1) is 0 Å². The normalized spacial score (nSPS) is 15.4. The molecule has 0 spiro atoms. The van der Waals surface area contributed by atoms with Crippen LogP contribution in [0.4, 0.5) is 5.69 Å². The van der Waals surface area contributed by atoms with Crippen molar-refractivity contribution in [3.63, 3.8) is 0 Å². The minimum Gasteiger partial charge on any atom is -0.506 e. The van der Waals surface area contributed by atoms with Crippen LogP contribution >= 0.6 is 23.2 Å². The summed E-state index contributed by atoms with van der Waals surface area (Å²) in [6.45, 7) is 1.15. The standard InChI is InChI=1S/C26H21Cl2N3O5/c27-19-11-17-21(12-22(19)30-9-3-4-16(30)14-36-24-5-1-2-8-29-24)31(13-18(25(17)33)26(34)35)15-6-7-23(32)20(28)10-15/h1-2,5-8,10-13,16,32H,3-4,9,14H2,(H,34,35)/t16-/m1/s1. The molecule has 1 aliphatic rings. The number of pyridine rings is 2. The van der Waals surface area contributed by atoms with Crippen LogP contribution in [0, 0.1) is 0 Å². The van der Waals surface area contributed by atoms with Gasteiger partial charge in [0.25, 0.3) is 0 Å². The van der Waals surface area contributed by atoms with Crippen molar-refractivity contribution in [2.75, 3.05) is 18.1 Å². The Bertz CT molecular complexity index is 1520. The minimum absolute atomic E-state index is 0.0311. The van der Waals surface area contributed by atoms with E-state index in [1.165, 1.54) is 24.4 Å². The highest BCUT2D eigenvalue weighted by atomic mass is 35.5. The van der Waals surface area contributed by atoms with E-state index in [0.717, 1.165) is 19.4 Å². The molecule has 10 heteroatoms. The van der Waals surface area contributed by atoms with Crippen LogP contribution in [0.15, 0.2) is 65.7 Å². The van der Waals surface area contributed by atoms with E-state index in [4.69, 9.17) is 27.9 Å². The molecule has 0 aliphatic carbocycles. The van der Waals surface area contributed by atoms with E-state index in [-0.39, 0.29) is 22.2 Å². The summed E-state index contributed by atoms with van der Waals surface area (Å²) in [6.07, 6.45) is 4.75. The zero-order valence-corrected chi connectivity index (χ0v) is 20.4. The number of nitrogens with zero attached hydrogens (tertiary/aromatic N) is 3. The maximum absolute atomic E-state index is 13.0. The molecule has 2 N–H and O–H groups in total. The largest absolute Gasteiger partial charge is 0.506 e. The van der Waals surface area contributed by atoms with Crippen molar-refractivity contribution in [3.8, 4) is 17.3 Å². The van der Waals surface area contributed by atoms with Gasteiger partial charge in [0.05, 0.1) is 27.3 Å². The first kappa shape index (κ1) is 24.0. The summed E-state index contributed by atoms with van der Waals surface area (Å²) in [4.78, 5) is 31.2. The Labute approximate surface area is 215 Å². The van der Waals surface area contributed by atoms with Crippen LogP contribution in [-0.4, -0.2) is 44.9 Å². The SMILES string of the molecule is O=C(O)c1cn(-c2ccc(O)c(Cl)c2)c2cc(N3CCC[C@@H]3COc3ccccn3)c(Cl)cc2c1=O. The molecule has 0 unspecified atom stereocenters. The molecule has 36 heavy (non-hydrogen) atoms. The Balaban J connectivity index is 1.62. The Hall–Kier alpha value is -3.75. The molecule has 2 aromatic heterocycles. The summed E-state index contributed by atoms with van der Waals surface area (Å²) in [7, 11) is 0. The number of carboxylic acids is 1. The molecular weight excluding hydrogens is 505 g/mol. The molecule has 4 aromatic rings. The topological polar surface area (TPSA) is 105 Å². The Morgan fingerprint density at radius 2 is 1.97 bits per heavy atom. The molecule has 184 valence electrons. The molecular formula is C26H21Cl2N3O5. The third kappa shape index (κ3) is 4.45. The number of fused-ring (bicyclic) bond motifs is 1. The molecule has 3 heterocycles. The molecule has 1 aliphatic heterocycles. The van der Waals surface area contributed by atoms with E-state index in [9.17, 15) is 19.8 Å². The summed E-state index contributed by atoms with van der Waals surface area (Å²) in [5.41, 5.74) is 0.608. The second-order valence-corrected chi connectivity index (χ2v) is 9.29. The Morgan fingerprint density at radius 1 is 1.14 bits per heavy atom. The summed E-state index contributed by atoms with van der Waals surface area (Å²) in [5, 5.41) is 20.1. The highest BCUT2D eigenvalue weighted by Gasteiger charge is 2.28. The van der Waals surface area contributed by atoms with Crippen LogP contribution < -0.4 is 15.1 Å². The lowest BCUT2D eigenvalue weighted by atomic mass is 10.1. The third-order valence-electron chi connectivity index (χ3n) is 6.26. The number of hydrogen-bond acceptors (Lipinski definition) is 6.